The van der Waals surface area contributed by atoms with Crippen LogP contribution in [0.4, 0.5) is 26.4 Å². The SMILES string of the molecule is NCC1CCC(c2nc(NC3CCC(O)CC3)nc3nc(Nc4c(F)cccc4F)[nH]c23)CC1. The van der Waals surface area contributed by atoms with Gasteiger partial charge in [-0.1, -0.05) is 6.07 Å². The number of imidazole rings is 1. The Labute approximate surface area is 196 Å². The Bertz CT molecular complexity index is 1120. The molecule has 0 atom stereocenters. The second-order valence-electron chi connectivity index (χ2n) is 9.54. The van der Waals surface area contributed by atoms with Crippen molar-refractivity contribution in [2.24, 2.45) is 11.7 Å². The van der Waals surface area contributed by atoms with Crippen molar-refractivity contribution >= 4 is 28.7 Å². The van der Waals surface area contributed by atoms with Crippen LogP contribution in [0.2, 0.25) is 0 Å². The van der Waals surface area contributed by atoms with E-state index < -0.39 is 11.6 Å². The zero-order chi connectivity index (χ0) is 23.7. The number of hydrogen-bond donors (Lipinski definition) is 5. The molecule has 2 aliphatic carbocycles. The molecule has 0 aliphatic heterocycles. The average molecular weight is 472 g/mol. The molecule has 34 heavy (non-hydrogen) atoms. The number of H-pyrrole nitrogens is 1. The fraction of sp³-hybridized carbons (Fsp3) is 0.542. The van der Waals surface area contributed by atoms with E-state index in [0.29, 0.717) is 29.6 Å². The van der Waals surface area contributed by atoms with E-state index in [-0.39, 0.29) is 29.7 Å². The summed E-state index contributed by atoms with van der Waals surface area (Å²) in [4.78, 5) is 17.1. The Kier molecular flexibility index (Phi) is 6.60. The summed E-state index contributed by atoms with van der Waals surface area (Å²) in [5.41, 5.74) is 7.61. The van der Waals surface area contributed by atoms with Crippen molar-refractivity contribution in [1.29, 1.82) is 0 Å². The van der Waals surface area contributed by atoms with Crippen molar-refractivity contribution < 1.29 is 13.9 Å². The summed E-state index contributed by atoms with van der Waals surface area (Å²) in [5, 5.41) is 16.0. The molecule has 0 saturated heterocycles. The molecule has 182 valence electrons. The van der Waals surface area contributed by atoms with Gasteiger partial charge in [-0.25, -0.2) is 13.8 Å². The first-order valence-corrected chi connectivity index (χ1v) is 12.1. The minimum atomic E-state index is -0.700. The lowest BCUT2D eigenvalue weighted by molar-refractivity contribution is 0.126. The highest BCUT2D eigenvalue weighted by Gasteiger charge is 2.27. The maximum absolute atomic E-state index is 14.2. The van der Waals surface area contributed by atoms with Crippen molar-refractivity contribution in [2.75, 3.05) is 17.2 Å². The number of fused-ring (bicyclic) bond motifs is 1. The van der Waals surface area contributed by atoms with Crippen LogP contribution in [0.25, 0.3) is 11.2 Å². The number of nitrogens with zero attached hydrogens (tertiary/aromatic N) is 3. The quantitative estimate of drug-likeness (QED) is 0.362. The number of halogens is 2. The van der Waals surface area contributed by atoms with Crippen LogP contribution < -0.4 is 16.4 Å². The fourth-order valence-electron chi connectivity index (χ4n) is 5.15. The topological polar surface area (TPSA) is 125 Å². The lowest BCUT2D eigenvalue weighted by Crippen LogP contribution is -2.29. The molecule has 1 aromatic carbocycles. The molecule has 2 saturated carbocycles. The summed E-state index contributed by atoms with van der Waals surface area (Å²) in [6.45, 7) is 0.693. The highest BCUT2D eigenvalue weighted by Crippen LogP contribution is 2.38. The standard InChI is InChI=1S/C24H31F2N7O/c25-17-2-1-3-18(26)20(17)30-24-31-21-19(14-6-4-13(12-27)5-7-14)29-23(32-22(21)33-24)28-15-8-10-16(34)11-9-15/h1-3,13-16,34H,4-12,27H2,(H3,28,29,30,31,32,33). The largest absolute Gasteiger partial charge is 0.393 e. The van der Waals surface area contributed by atoms with Crippen LogP contribution in [-0.2, 0) is 0 Å². The normalized spacial score (nSPS) is 25.4. The van der Waals surface area contributed by atoms with Gasteiger partial charge >= 0.3 is 0 Å². The molecule has 0 bridgehead atoms. The number of aromatic nitrogens is 4. The van der Waals surface area contributed by atoms with E-state index in [4.69, 9.17) is 10.7 Å². The van der Waals surface area contributed by atoms with Gasteiger partial charge < -0.3 is 26.5 Å². The van der Waals surface area contributed by atoms with E-state index in [1.807, 2.05) is 0 Å². The number of hydrogen-bond acceptors (Lipinski definition) is 7. The average Bonchev–Trinajstić information content (AvgIpc) is 3.25. The zero-order valence-corrected chi connectivity index (χ0v) is 19.0. The molecular formula is C24H31F2N7O. The number of nitrogens with two attached hydrogens (primary N) is 1. The maximum atomic E-state index is 14.2. The molecule has 8 nitrogen and oxygen atoms in total. The van der Waals surface area contributed by atoms with E-state index in [2.05, 4.69) is 25.6 Å². The molecule has 2 aromatic heterocycles. The molecule has 5 rings (SSSR count). The summed E-state index contributed by atoms with van der Waals surface area (Å²) in [7, 11) is 0. The van der Waals surface area contributed by atoms with Gasteiger partial charge in [-0.15, -0.1) is 0 Å². The molecule has 2 aliphatic rings. The first kappa shape index (κ1) is 22.9. The second-order valence-corrected chi connectivity index (χ2v) is 9.54. The van der Waals surface area contributed by atoms with Crippen molar-refractivity contribution in [3.8, 4) is 0 Å². The van der Waals surface area contributed by atoms with Gasteiger partial charge in [0.1, 0.15) is 22.8 Å². The molecule has 0 spiro atoms. The summed E-state index contributed by atoms with van der Waals surface area (Å²) in [6, 6.07) is 3.89. The fourth-order valence-corrected chi connectivity index (χ4v) is 5.15. The van der Waals surface area contributed by atoms with Crippen molar-refractivity contribution in [1.82, 2.24) is 19.9 Å². The summed E-state index contributed by atoms with van der Waals surface area (Å²) in [5.74, 6) is 0.0638. The lowest BCUT2D eigenvalue weighted by Gasteiger charge is -2.28. The van der Waals surface area contributed by atoms with Crippen LogP contribution in [0.15, 0.2) is 18.2 Å². The van der Waals surface area contributed by atoms with E-state index >= 15 is 0 Å². The summed E-state index contributed by atoms with van der Waals surface area (Å²) in [6.07, 6.45) is 6.96. The molecule has 10 heteroatoms. The number of para-hydroxylation sites is 1. The first-order valence-electron chi connectivity index (χ1n) is 12.1. The predicted molar refractivity (Wildman–Crippen MR) is 127 cm³/mol. The lowest BCUT2D eigenvalue weighted by atomic mass is 9.80. The molecule has 0 amide bonds. The van der Waals surface area contributed by atoms with Crippen LogP contribution in [0, 0.1) is 17.6 Å². The third-order valence-corrected chi connectivity index (χ3v) is 7.18. The van der Waals surface area contributed by atoms with Gasteiger partial charge in [-0.3, -0.25) is 0 Å². The van der Waals surface area contributed by atoms with Crippen molar-refractivity contribution in [3.05, 3.63) is 35.5 Å². The van der Waals surface area contributed by atoms with Crippen LogP contribution in [0.5, 0.6) is 0 Å². The van der Waals surface area contributed by atoms with Gasteiger partial charge in [0.15, 0.2) is 5.65 Å². The van der Waals surface area contributed by atoms with E-state index in [9.17, 15) is 13.9 Å². The Morgan fingerprint density at radius 2 is 1.68 bits per heavy atom. The number of rotatable bonds is 6. The second kappa shape index (κ2) is 9.79. The molecule has 0 radical (unpaired) electrons. The van der Waals surface area contributed by atoms with Crippen LogP contribution in [-0.4, -0.2) is 43.7 Å². The Balaban J connectivity index is 1.47. The van der Waals surface area contributed by atoms with Gasteiger partial charge in [-0.05, 0) is 76.0 Å². The zero-order valence-electron chi connectivity index (χ0n) is 19.0. The summed E-state index contributed by atoms with van der Waals surface area (Å²) < 4.78 is 28.3. The monoisotopic (exact) mass is 471 g/mol. The summed E-state index contributed by atoms with van der Waals surface area (Å²) >= 11 is 0. The number of aliphatic hydroxyl groups is 1. The molecule has 0 unspecified atom stereocenters. The minimum absolute atomic E-state index is 0.186. The maximum Gasteiger partial charge on any atom is 0.225 e. The van der Waals surface area contributed by atoms with Crippen LogP contribution >= 0.6 is 0 Å². The molecule has 2 fully saturated rings. The van der Waals surface area contributed by atoms with Gasteiger partial charge in [-0.2, -0.15) is 9.97 Å². The highest BCUT2D eigenvalue weighted by molar-refractivity contribution is 5.79. The van der Waals surface area contributed by atoms with Crippen LogP contribution in [0.3, 0.4) is 0 Å². The van der Waals surface area contributed by atoms with Crippen molar-refractivity contribution in [3.63, 3.8) is 0 Å². The number of aliphatic hydroxyl groups excluding tert-OH is 1. The van der Waals surface area contributed by atoms with Gasteiger partial charge in [0.2, 0.25) is 11.9 Å². The Morgan fingerprint density at radius 3 is 2.35 bits per heavy atom. The predicted octanol–water partition coefficient (Wildman–Crippen LogP) is 4.32. The smallest absolute Gasteiger partial charge is 0.225 e. The highest BCUT2D eigenvalue weighted by atomic mass is 19.1. The Morgan fingerprint density at radius 1 is 0.971 bits per heavy atom. The molecule has 2 heterocycles. The third-order valence-electron chi connectivity index (χ3n) is 7.18. The number of benzene rings is 1. The number of aromatic amines is 1. The van der Waals surface area contributed by atoms with Gasteiger partial charge in [0.25, 0.3) is 0 Å². The number of nitrogens with one attached hydrogen (secondary N) is 3. The molecule has 3 aromatic rings. The first-order chi connectivity index (χ1) is 16.5. The molecular weight excluding hydrogens is 440 g/mol. The molecule has 6 N–H and O–H groups in total. The van der Waals surface area contributed by atoms with E-state index in [1.165, 1.54) is 18.2 Å². The third kappa shape index (κ3) is 4.83. The van der Waals surface area contributed by atoms with Crippen LogP contribution in [0.1, 0.15) is 63.0 Å². The van der Waals surface area contributed by atoms with Gasteiger partial charge in [0, 0.05) is 12.0 Å². The van der Waals surface area contributed by atoms with E-state index in [0.717, 1.165) is 57.1 Å². The van der Waals surface area contributed by atoms with Gasteiger partial charge in [0.05, 0.1) is 11.8 Å². The number of anilines is 3. The Hall–Kier alpha value is -2.85. The van der Waals surface area contributed by atoms with E-state index in [1.54, 1.807) is 0 Å². The van der Waals surface area contributed by atoms with Crippen molar-refractivity contribution in [2.45, 2.75) is 69.4 Å². The minimum Gasteiger partial charge on any atom is -0.393 e.